The van der Waals surface area contributed by atoms with Gasteiger partial charge in [0.05, 0.1) is 11.1 Å². The number of oxime groups is 1. The minimum Gasteiger partial charge on any atom is -0.409 e. The van der Waals surface area contributed by atoms with Gasteiger partial charge in [0.1, 0.15) is 5.84 Å². The van der Waals surface area contributed by atoms with Crippen LogP contribution in [0.3, 0.4) is 0 Å². The number of nitrogens with two attached hydrogens (primary N) is 1. The second kappa shape index (κ2) is 6.21. The first-order valence-corrected chi connectivity index (χ1v) is 6.61. The summed E-state index contributed by atoms with van der Waals surface area (Å²) in [7, 11) is 1.69. The summed E-state index contributed by atoms with van der Waals surface area (Å²) in [5.41, 5.74) is 7.63. The molecule has 1 amide bonds. The molecular formula is C15H18N4O2. The van der Waals surface area contributed by atoms with Crippen LogP contribution in [-0.2, 0) is 0 Å². The summed E-state index contributed by atoms with van der Waals surface area (Å²) < 4.78 is 0. The van der Waals surface area contributed by atoms with E-state index in [0.717, 1.165) is 16.6 Å². The Balaban J connectivity index is 2.30. The van der Waals surface area contributed by atoms with Crippen LogP contribution in [0.15, 0.2) is 35.5 Å². The normalized spacial score (nSPS) is 11.6. The van der Waals surface area contributed by atoms with Crippen LogP contribution in [-0.4, -0.2) is 40.4 Å². The monoisotopic (exact) mass is 286 g/mol. The van der Waals surface area contributed by atoms with Gasteiger partial charge in [-0.25, -0.2) is 0 Å². The van der Waals surface area contributed by atoms with Crippen molar-refractivity contribution in [3.8, 4) is 0 Å². The second-order valence-corrected chi connectivity index (χ2v) is 4.90. The summed E-state index contributed by atoms with van der Waals surface area (Å²) in [4.78, 5) is 18.5. The summed E-state index contributed by atoms with van der Waals surface area (Å²) in [5.74, 6) is -0.00661. The third-order valence-electron chi connectivity index (χ3n) is 3.25. The first-order valence-electron chi connectivity index (χ1n) is 6.61. The van der Waals surface area contributed by atoms with E-state index in [1.165, 1.54) is 0 Å². The highest BCUT2D eigenvalue weighted by Gasteiger charge is 2.16. The number of aryl methyl sites for hydroxylation is 1. The van der Waals surface area contributed by atoms with E-state index in [1.54, 1.807) is 18.0 Å². The minimum absolute atomic E-state index is 0.102. The molecule has 1 heterocycles. The lowest BCUT2D eigenvalue weighted by molar-refractivity contribution is 0.0800. The molecule has 0 bridgehead atoms. The van der Waals surface area contributed by atoms with Gasteiger partial charge >= 0.3 is 0 Å². The number of amidine groups is 1. The third kappa shape index (κ3) is 3.28. The molecule has 2 aromatic rings. The summed E-state index contributed by atoms with van der Waals surface area (Å²) in [6.07, 6.45) is 0.320. The Morgan fingerprint density at radius 2 is 2.14 bits per heavy atom. The van der Waals surface area contributed by atoms with Gasteiger partial charge in [-0.3, -0.25) is 9.78 Å². The number of nitrogens with zero attached hydrogens (tertiary/aromatic N) is 3. The highest BCUT2D eigenvalue weighted by molar-refractivity contribution is 6.06. The SMILES string of the molecule is Cc1cc(C(=O)N(C)CC/C(N)=N/O)c2ccccc2n1. The van der Waals surface area contributed by atoms with E-state index in [2.05, 4.69) is 10.1 Å². The summed E-state index contributed by atoms with van der Waals surface area (Å²) in [5, 5.41) is 12.3. The van der Waals surface area contributed by atoms with Crippen molar-refractivity contribution in [3.63, 3.8) is 0 Å². The molecule has 1 aromatic heterocycles. The number of aromatic nitrogens is 1. The van der Waals surface area contributed by atoms with Crippen molar-refractivity contribution in [3.05, 3.63) is 41.6 Å². The van der Waals surface area contributed by atoms with Gasteiger partial charge in [0.25, 0.3) is 5.91 Å². The molecular weight excluding hydrogens is 268 g/mol. The maximum atomic E-state index is 12.6. The topological polar surface area (TPSA) is 91.8 Å². The third-order valence-corrected chi connectivity index (χ3v) is 3.25. The highest BCUT2D eigenvalue weighted by atomic mass is 16.4. The van der Waals surface area contributed by atoms with Gasteiger partial charge in [-0.15, -0.1) is 0 Å². The quantitative estimate of drug-likeness (QED) is 0.387. The van der Waals surface area contributed by atoms with Crippen LogP contribution in [0, 0.1) is 6.92 Å². The van der Waals surface area contributed by atoms with Crippen LogP contribution in [0.1, 0.15) is 22.5 Å². The standard InChI is InChI=1S/C15H18N4O2/c1-10-9-12(11-5-3-4-6-13(11)17-10)15(20)19(2)8-7-14(16)18-21/h3-6,9,21H,7-8H2,1-2H3,(H2,16,18). The maximum Gasteiger partial charge on any atom is 0.254 e. The van der Waals surface area contributed by atoms with Crippen molar-refractivity contribution < 1.29 is 10.0 Å². The number of para-hydroxylation sites is 1. The largest absolute Gasteiger partial charge is 0.409 e. The zero-order chi connectivity index (χ0) is 15.4. The maximum absolute atomic E-state index is 12.6. The molecule has 6 nitrogen and oxygen atoms in total. The molecule has 0 fully saturated rings. The molecule has 0 atom stereocenters. The molecule has 0 aliphatic heterocycles. The number of pyridine rings is 1. The van der Waals surface area contributed by atoms with Gasteiger partial charge in [0, 0.05) is 31.1 Å². The van der Waals surface area contributed by atoms with Gasteiger partial charge in [0.15, 0.2) is 0 Å². The summed E-state index contributed by atoms with van der Waals surface area (Å²) in [6.45, 7) is 2.24. The van der Waals surface area contributed by atoms with Crippen LogP contribution >= 0.6 is 0 Å². The molecule has 3 N–H and O–H groups in total. The number of hydrogen-bond donors (Lipinski definition) is 2. The van der Waals surface area contributed by atoms with Crippen LogP contribution < -0.4 is 5.73 Å². The first kappa shape index (κ1) is 14.8. The molecule has 0 saturated carbocycles. The van der Waals surface area contributed by atoms with Crippen molar-refractivity contribution in [2.45, 2.75) is 13.3 Å². The predicted octanol–water partition coefficient (Wildman–Crippen LogP) is 1.75. The fourth-order valence-electron chi connectivity index (χ4n) is 2.12. The zero-order valence-electron chi connectivity index (χ0n) is 12.1. The summed E-state index contributed by atoms with van der Waals surface area (Å²) in [6, 6.07) is 9.32. The Kier molecular flexibility index (Phi) is 4.37. The van der Waals surface area contributed by atoms with Gasteiger partial charge in [0.2, 0.25) is 0 Å². The predicted molar refractivity (Wildman–Crippen MR) is 81.5 cm³/mol. The van der Waals surface area contributed by atoms with Gasteiger partial charge in [-0.1, -0.05) is 23.4 Å². The molecule has 0 unspecified atom stereocenters. The van der Waals surface area contributed by atoms with Crippen LogP contribution in [0.25, 0.3) is 10.9 Å². The minimum atomic E-state index is -0.109. The van der Waals surface area contributed by atoms with E-state index >= 15 is 0 Å². The average molecular weight is 286 g/mol. The van der Waals surface area contributed by atoms with Crippen LogP contribution in [0.4, 0.5) is 0 Å². The Morgan fingerprint density at radius 3 is 2.86 bits per heavy atom. The van der Waals surface area contributed by atoms with E-state index in [4.69, 9.17) is 10.9 Å². The van der Waals surface area contributed by atoms with Gasteiger partial charge in [-0.05, 0) is 19.1 Å². The van der Waals surface area contributed by atoms with Crippen LogP contribution in [0.2, 0.25) is 0 Å². The smallest absolute Gasteiger partial charge is 0.254 e. The summed E-state index contributed by atoms with van der Waals surface area (Å²) >= 11 is 0. The van der Waals surface area contributed by atoms with Gasteiger partial charge in [-0.2, -0.15) is 0 Å². The van der Waals surface area contributed by atoms with E-state index in [9.17, 15) is 4.79 Å². The number of benzene rings is 1. The lowest BCUT2D eigenvalue weighted by atomic mass is 10.1. The number of amides is 1. The Morgan fingerprint density at radius 1 is 1.43 bits per heavy atom. The van der Waals surface area contributed by atoms with Gasteiger partial charge < -0.3 is 15.8 Å². The Labute approximate surface area is 122 Å². The number of fused-ring (bicyclic) bond motifs is 1. The molecule has 0 radical (unpaired) electrons. The van der Waals surface area contributed by atoms with Crippen molar-refractivity contribution in [1.29, 1.82) is 0 Å². The van der Waals surface area contributed by atoms with Crippen molar-refractivity contribution in [2.24, 2.45) is 10.9 Å². The molecule has 0 saturated heterocycles. The molecule has 0 aliphatic rings. The lowest BCUT2D eigenvalue weighted by Crippen LogP contribution is -2.30. The van der Waals surface area contributed by atoms with E-state index in [0.29, 0.717) is 18.5 Å². The Hall–Kier alpha value is -2.63. The zero-order valence-corrected chi connectivity index (χ0v) is 12.1. The fourth-order valence-corrected chi connectivity index (χ4v) is 2.12. The first-order chi connectivity index (χ1) is 10.0. The number of carbonyl (C=O) groups excluding carboxylic acids is 1. The van der Waals surface area contributed by atoms with Crippen molar-refractivity contribution in [2.75, 3.05) is 13.6 Å². The number of rotatable bonds is 4. The van der Waals surface area contributed by atoms with Crippen molar-refractivity contribution in [1.82, 2.24) is 9.88 Å². The molecule has 110 valence electrons. The van der Waals surface area contributed by atoms with Crippen LogP contribution in [0.5, 0.6) is 0 Å². The molecule has 2 rings (SSSR count). The Bertz CT molecular complexity index is 697. The number of hydrogen-bond acceptors (Lipinski definition) is 4. The molecule has 6 heteroatoms. The molecule has 1 aromatic carbocycles. The van der Waals surface area contributed by atoms with E-state index in [1.807, 2.05) is 31.2 Å². The van der Waals surface area contributed by atoms with E-state index < -0.39 is 0 Å². The molecule has 21 heavy (non-hydrogen) atoms. The highest BCUT2D eigenvalue weighted by Crippen LogP contribution is 2.19. The lowest BCUT2D eigenvalue weighted by Gasteiger charge is -2.18. The van der Waals surface area contributed by atoms with E-state index in [-0.39, 0.29) is 11.7 Å². The average Bonchev–Trinajstić information content (AvgIpc) is 2.50. The molecule has 0 spiro atoms. The van der Waals surface area contributed by atoms with Crippen molar-refractivity contribution >= 4 is 22.6 Å². The second-order valence-electron chi connectivity index (χ2n) is 4.90. The molecule has 0 aliphatic carbocycles. The number of carbonyl (C=O) groups is 1. The fraction of sp³-hybridized carbons (Fsp3) is 0.267.